The van der Waals surface area contributed by atoms with E-state index < -0.39 is 23.2 Å². The van der Waals surface area contributed by atoms with Crippen molar-refractivity contribution in [1.82, 2.24) is 5.32 Å². The van der Waals surface area contributed by atoms with Gasteiger partial charge in [-0.05, 0) is 11.0 Å². The molecule has 0 fully saturated rings. The number of allylic oxidation sites excluding steroid dienone is 1. The SMILES string of the molecule is CC(C)(C)c1ccc(C(=O)C2=C(N)C3C=C(C(=O)O)C(=O)NC3S2)cc1. The van der Waals surface area contributed by atoms with Crippen LogP contribution < -0.4 is 11.1 Å². The van der Waals surface area contributed by atoms with Crippen LogP contribution in [0.5, 0.6) is 0 Å². The average Bonchev–Trinajstić information content (AvgIpc) is 2.88. The highest BCUT2D eigenvalue weighted by Gasteiger charge is 2.41. The third-order valence-electron chi connectivity index (χ3n) is 4.51. The van der Waals surface area contributed by atoms with Crippen LogP contribution in [0.1, 0.15) is 36.7 Å². The molecule has 4 N–H and O–H groups in total. The number of thioether (sulfide) groups is 1. The number of fused-ring (bicyclic) bond motifs is 1. The summed E-state index contributed by atoms with van der Waals surface area (Å²) in [5.41, 5.74) is 7.69. The lowest BCUT2D eigenvalue weighted by molar-refractivity contribution is -0.135. The number of hydrogen-bond acceptors (Lipinski definition) is 5. The zero-order valence-corrected chi connectivity index (χ0v) is 15.5. The predicted molar refractivity (Wildman–Crippen MR) is 99.4 cm³/mol. The molecule has 26 heavy (non-hydrogen) atoms. The molecule has 136 valence electrons. The molecule has 0 aromatic heterocycles. The summed E-state index contributed by atoms with van der Waals surface area (Å²) in [6, 6.07) is 7.37. The van der Waals surface area contributed by atoms with Gasteiger partial charge in [-0.2, -0.15) is 0 Å². The van der Waals surface area contributed by atoms with Crippen molar-refractivity contribution in [2.24, 2.45) is 11.7 Å². The number of hydrogen-bond donors (Lipinski definition) is 3. The number of rotatable bonds is 3. The Labute approximate surface area is 155 Å². The summed E-state index contributed by atoms with van der Waals surface area (Å²) in [7, 11) is 0. The Morgan fingerprint density at radius 3 is 2.35 bits per heavy atom. The zero-order chi connectivity index (χ0) is 19.2. The number of ketones is 1. The fourth-order valence-electron chi connectivity index (χ4n) is 2.95. The van der Waals surface area contributed by atoms with E-state index in [2.05, 4.69) is 26.1 Å². The van der Waals surface area contributed by atoms with Crippen molar-refractivity contribution >= 4 is 29.4 Å². The number of amides is 1. The molecule has 1 aromatic carbocycles. The monoisotopic (exact) mass is 372 g/mol. The minimum absolute atomic E-state index is 0.0146. The van der Waals surface area contributed by atoms with Crippen LogP contribution in [0.15, 0.2) is 46.5 Å². The first-order chi connectivity index (χ1) is 12.1. The Bertz CT molecular complexity index is 863. The lowest BCUT2D eigenvalue weighted by atomic mass is 9.86. The number of benzene rings is 1. The van der Waals surface area contributed by atoms with Gasteiger partial charge in [-0.15, -0.1) is 0 Å². The van der Waals surface area contributed by atoms with E-state index in [1.54, 1.807) is 12.1 Å². The number of carboxylic acids is 1. The second kappa shape index (κ2) is 6.32. The van der Waals surface area contributed by atoms with Gasteiger partial charge in [0.05, 0.1) is 10.3 Å². The maximum atomic E-state index is 12.9. The van der Waals surface area contributed by atoms with Crippen molar-refractivity contribution in [3.63, 3.8) is 0 Å². The van der Waals surface area contributed by atoms with Gasteiger partial charge in [0.1, 0.15) is 5.57 Å². The zero-order valence-electron chi connectivity index (χ0n) is 14.7. The highest BCUT2D eigenvalue weighted by atomic mass is 32.2. The van der Waals surface area contributed by atoms with Crippen LogP contribution in [-0.2, 0) is 15.0 Å². The maximum absolute atomic E-state index is 12.9. The predicted octanol–water partition coefficient (Wildman–Crippen LogP) is 2.17. The number of nitrogens with one attached hydrogen (secondary N) is 1. The number of nitrogens with two attached hydrogens (primary N) is 1. The molecule has 0 saturated carbocycles. The molecule has 3 rings (SSSR count). The number of aliphatic carboxylic acids is 1. The van der Waals surface area contributed by atoms with Crippen molar-refractivity contribution < 1.29 is 19.5 Å². The lowest BCUT2D eigenvalue weighted by Crippen LogP contribution is -2.43. The van der Waals surface area contributed by atoms with E-state index >= 15 is 0 Å². The Hall–Kier alpha value is -2.54. The topological polar surface area (TPSA) is 109 Å². The van der Waals surface area contributed by atoms with Crippen LogP contribution in [0.3, 0.4) is 0 Å². The van der Waals surface area contributed by atoms with Crippen LogP contribution in [0.2, 0.25) is 0 Å². The molecule has 0 aliphatic carbocycles. The van der Waals surface area contributed by atoms with E-state index in [1.165, 1.54) is 17.8 Å². The molecule has 0 saturated heterocycles. The van der Waals surface area contributed by atoms with Crippen molar-refractivity contribution in [2.45, 2.75) is 31.6 Å². The van der Waals surface area contributed by atoms with Gasteiger partial charge in [0.2, 0.25) is 5.78 Å². The highest BCUT2D eigenvalue weighted by Crippen LogP contribution is 2.43. The number of Topliss-reactive ketones (excluding diaryl/α,β-unsaturated/α-hetero) is 1. The standard InChI is InChI=1S/C19H20N2O4S/c1-19(2,3)10-6-4-9(5-7-10)14(22)15-13(20)11-8-12(18(24)25)16(23)21-17(11)26-15/h4-8,11,17H,20H2,1-3H3,(H,21,23)(H,24,25). The molecule has 2 atom stereocenters. The lowest BCUT2D eigenvalue weighted by Gasteiger charge is -2.23. The molecule has 6 nitrogen and oxygen atoms in total. The fourth-order valence-corrected chi connectivity index (χ4v) is 4.24. The number of carboxylic acid groups (broad SMARTS) is 1. The van der Waals surface area contributed by atoms with Crippen LogP contribution >= 0.6 is 11.8 Å². The average molecular weight is 372 g/mol. The van der Waals surface area contributed by atoms with Crippen LogP contribution in [0.25, 0.3) is 0 Å². The van der Waals surface area contributed by atoms with Gasteiger partial charge in [0.15, 0.2) is 0 Å². The molecule has 2 unspecified atom stereocenters. The van der Waals surface area contributed by atoms with E-state index in [0.29, 0.717) is 16.2 Å². The second-order valence-corrected chi connectivity index (χ2v) is 8.52. The second-order valence-electron chi connectivity index (χ2n) is 7.36. The van der Waals surface area contributed by atoms with E-state index in [-0.39, 0.29) is 16.8 Å². The summed E-state index contributed by atoms with van der Waals surface area (Å²) in [5.74, 6) is -2.70. The van der Waals surface area contributed by atoms with Crippen molar-refractivity contribution in [3.8, 4) is 0 Å². The van der Waals surface area contributed by atoms with Crippen LogP contribution in [0.4, 0.5) is 0 Å². The van der Waals surface area contributed by atoms with E-state index in [9.17, 15) is 14.4 Å². The Morgan fingerprint density at radius 2 is 1.81 bits per heavy atom. The fraction of sp³-hybridized carbons (Fsp3) is 0.316. The summed E-state index contributed by atoms with van der Waals surface area (Å²) in [6.45, 7) is 6.28. The minimum atomic E-state index is -1.31. The van der Waals surface area contributed by atoms with Crippen molar-refractivity contribution in [2.75, 3.05) is 0 Å². The Kier molecular flexibility index (Phi) is 4.44. The highest BCUT2D eigenvalue weighted by molar-refractivity contribution is 8.04. The van der Waals surface area contributed by atoms with Crippen molar-refractivity contribution in [1.29, 1.82) is 0 Å². The first kappa shape index (κ1) is 18.3. The van der Waals surface area contributed by atoms with Crippen LogP contribution in [-0.4, -0.2) is 28.1 Å². The summed E-state index contributed by atoms with van der Waals surface area (Å²) in [5, 5.41) is 11.2. The van der Waals surface area contributed by atoms with E-state index in [0.717, 1.165) is 5.56 Å². The molecule has 7 heteroatoms. The molecular formula is C19H20N2O4S. The third-order valence-corrected chi connectivity index (χ3v) is 5.83. The molecular weight excluding hydrogens is 352 g/mol. The number of carbonyl (C=O) groups is 3. The first-order valence-corrected chi connectivity index (χ1v) is 9.05. The summed E-state index contributed by atoms with van der Waals surface area (Å²) in [6.07, 6.45) is 1.33. The van der Waals surface area contributed by atoms with Crippen molar-refractivity contribution in [3.05, 3.63) is 57.6 Å². The van der Waals surface area contributed by atoms with Gasteiger partial charge in [-0.3, -0.25) is 9.59 Å². The summed E-state index contributed by atoms with van der Waals surface area (Å²) in [4.78, 5) is 36.2. The van der Waals surface area contributed by atoms with Gasteiger partial charge < -0.3 is 16.2 Å². The van der Waals surface area contributed by atoms with Gasteiger partial charge in [0.25, 0.3) is 5.91 Å². The molecule has 2 aliphatic rings. The quantitative estimate of drug-likeness (QED) is 0.554. The molecule has 0 radical (unpaired) electrons. The molecule has 0 bridgehead atoms. The third kappa shape index (κ3) is 3.14. The number of carbonyl (C=O) groups excluding carboxylic acids is 2. The maximum Gasteiger partial charge on any atom is 0.341 e. The molecule has 2 aliphatic heterocycles. The van der Waals surface area contributed by atoms with Crippen LogP contribution in [0, 0.1) is 5.92 Å². The van der Waals surface area contributed by atoms with Gasteiger partial charge in [-0.25, -0.2) is 4.79 Å². The Morgan fingerprint density at radius 1 is 1.19 bits per heavy atom. The molecule has 1 amide bonds. The first-order valence-electron chi connectivity index (χ1n) is 8.17. The van der Waals surface area contributed by atoms with E-state index in [4.69, 9.17) is 10.8 Å². The Balaban J connectivity index is 1.90. The summed E-state index contributed by atoms with van der Waals surface area (Å²) >= 11 is 1.17. The minimum Gasteiger partial charge on any atom is -0.478 e. The van der Waals surface area contributed by atoms with E-state index in [1.807, 2.05) is 12.1 Å². The largest absolute Gasteiger partial charge is 0.478 e. The van der Waals surface area contributed by atoms with Gasteiger partial charge >= 0.3 is 5.97 Å². The summed E-state index contributed by atoms with van der Waals surface area (Å²) < 4.78 is 0. The molecule has 1 aromatic rings. The molecule has 2 heterocycles. The smallest absolute Gasteiger partial charge is 0.341 e. The van der Waals surface area contributed by atoms with Gasteiger partial charge in [-0.1, -0.05) is 62.9 Å². The normalized spacial score (nSPS) is 22.6. The van der Waals surface area contributed by atoms with Gasteiger partial charge in [0, 0.05) is 17.2 Å². The molecule has 0 spiro atoms.